The van der Waals surface area contributed by atoms with Crippen LogP contribution in [-0.2, 0) is 9.53 Å². The SMILES string of the molecule is O=C(CCN1CCOCC1)Nc1ccc2[nH]c(O)c(C=C3N=Nc4ccccc43)c2c1. The van der Waals surface area contributed by atoms with Crippen molar-refractivity contribution in [3.05, 3.63) is 53.6 Å². The maximum Gasteiger partial charge on any atom is 0.225 e. The number of fused-ring (bicyclic) bond motifs is 2. The summed E-state index contributed by atoms with van der Waals surface area (Å²) in [7, 11) is 0. The van der Waals surface area contributed by atoms with Crippen molar-refractivity contribution >= 4 is 40.0 Å². The highest BCUT2D eigenvalue weighted by molar-refractivity contribution is 6.01. The van der Waals surface area contributed by atoms with Crippen molar-refractivity contribution in [2.75, 3.05) is 38.2 Å². The fourth-order valence-corrected chi connectivity index (χ4v) is 3.91. The van der Waals surface area contributed by atoms with E-state index in [0.29, 0.717) is 29.9 Å². The molecule has 1 amide bonds. The predicted molar refractivity (Wildman–Crippen MR) is 119 cm³/mol. The van der Waals surface area contributed by atoms with Gasteiger partial charge in [0, 0.05) is 53.8 Å². The van der Waals surface area contributed by atoms with Crippen LogP contribution in [0.15, 0.2) is 52.7 Å². The summed E-state index contributed by atoms with van der Waals surface area (Å²) in [6, 6.07) is 13.2. The lowest BCUT2D eigenvalue weighted by Crippen LogP contribution is -2.38. The van der Waals surface area contributed by atoms with Crippen LogP contribution in [0.2, 0.25) is 0 Å². The fourth-order valence-electron chi connectivity index (χ4n) is 3.91. The van der Waals surface area contributed by atoms with E-state index in [-0.39, 0.29) is 11.8 Å². The number of azo groups is 1. The minimum atomic E-state index is -0.0379. The van der Waals surface area contributed by atoms with Gasteiger partial charge in [0.1, 0.15) is 0 Å². The average Bonchev–Trinajstić information content (AvgIpc) is 3.34. The molecule has 0 atom stereocenters. The Balaban J connectivity index is 1.36. The summed E-state index contributed by atoms with van der Waals surface area (Å²) in [5, 5.41) is 22.7. The van der Waals surface area contributed by atoms with Gasteiger partial charge in [-0.05, 0) is 30.3 Å². The molecule has 0 aliphatic carbocycles. The predicted octanol–water partition coefficient (Wildman–Crippen LogP) is 4.13. The van der Waals surface area contributed by atoms with Crippen molar-refractivity contribution in [3.8, 4) is 5.88 Å². The number of carbonyl (C=O) groups is 1. The Bertz CT molecular complexity index is 1190. The molecule has 158 valence electrons. The molecule has 5 rings (SSSR count). The van der Waals surface area contributed by atoms with Crippen molar-refractivity contribution in [1.29, 1.82) is 0 Å². The summed E-state index contributed by atoms with van der Waals surface area (Å²) in [6.45, 7) is 3.88. The first-order valence-electron chi connectivity index (χ1n) is 10.3. The topological polar surface area (TPSA) is 102 Å². The smallest absolute Gasteiger partial charge is 0.225 e. The summed E-state index contributed by atoms with van der Waals surface area (Å²) >= 11 is 0. The Labute approximate surface area is 179 Å². The number of anilines is 1. The molecule has 3 N–H and O–H groups in total. The molecule has 1 fully saturated rings. The number of carbonyl (C=O) groups excluding carboxylic acids is 1. The molecular weight excluding hydrogens is 394 g/mol. The number of ether oxygens (including phenoxy) is 1. The van der Waals surface area contributed by atoms with Gasteiger partial charge in [0.05, 0.1) is 24.6 Å². The second kappa shape index (κ2) is 8.33. The van der Waals surface area contributed by atoms with Crippen LogP contribution < -0.4 is 5.32 Å². The second-order valence-corrected chi connectivity index (χ2v) is 7.65. The molecule has 1 aromatic heterocycles. The molecule has 8 heteroatoms. The molecule has 0 spiro atoms. The molecule has 0 unspecified atom stereocenters. The number of amides is 1. The summed E-state index contributed by atoms with van der Waals surface area (Å²) in [4.78, 5) is 17.6. The van der Waals surface area contributed by atoms with Gasteiger partial charge in [0.2, 0.25) is 5.91 Å². The summed E-state index contributed by atoms with van der Waals surface area (Å²) in [5.74, 6) is 0.0156. The van der Waals surface area contributed by atoms with Gasteiger partial charge in [-0.15, -0.1) is 10.2 Å². The molecule has 3 aromatic rings. The highest BCUT2D eigenvalue weighted by Crippen LogP contribution is 2.38. The van der Waals surface area contributed by atoms with Gasteiger partial charge in [-0.25, -0.2) is 0 Å². The lowest BCUT2D eigenvalue weighted by Gasteiger charge is -2.26. The first-order valence-corrected chi connectivity index (χ1v) is 10.3. The molecular formula is C23H23N5O3. The Morgan fingerprint density at radius 3 is 2.90 bits per heavy atom. The van der Waals surface area contributed by atoms with E-state index in [1.165, 1.54) is 0 Å². The van der Waals surface area contributed by atoms with Crippen LogP contribution in [0, 0.1) is 0 Å². The Kier molecular flexibility index (Phi) is 5.23. The molecule has 0 radical (unpaired) electrons. The third kappa shape index (κ3) is 4.08. The number of aromatic amines is 1. The van der Waals surface area contributed by atoms with E-state index in [1.807, 2.05) is 48.5 Å². The molecule has 31 heavy (non-hydrogen) atoms. The normalized spacial score (nSPS) is 17.4. The second-order valence-electron chi connectivity index (χ2n) is 7.65. The van der Waals surface area contributed by atoms with Crippen molar-refractivity contribution < 1.29 is 14.6 Å². The molecule has 0 bridgehead atoms. The van der Waals surface area contributed by atoms with Crippen LogP contribution >= 0.6 is 0 Å². The fraction of sp³-hybridized carbons (Fsp3) is 0.261. The van der Waals surface area contributed by atoms with Gasteiger partial charge < -0.3 is 20.1 Å². The largest absolute Gasteiger partial charge is 0.494 e. The molecule has 8 nitrogen and oxygen atoms in total. The number of hydrogen-bond acceptors (Lipinski definition) is 6. The maximum atomic E-state index is 12.4. The third-order valence-electron chi connectivity index (χ3n) is 5.59. The summed E-state index contributed by atoms with van der Waals surface area (Å²) < 4.78 is 5.34. The number of nitrogens with zero attached hydrogens (tertiary/aromatic N) is 3. The zero-order chi connectivity index (χ0) is 21.2. The molecule has 0 saturated carbocycles. The summed E-state index contributed by atoms with van der Waals surface area (Å²) in [6.07, 6.45) is 2.23. The van der Waals surface area contributed by atoms with Crippen molar-refractivity contribution in [3.63, 3.8) is 0 Å². The maximum absolute atomic E-state index is 12.4. The van der Waals surface area contributed by atoms with E-state index < -0.39 is 0 Å². The number of benzene rings is 2. The van der Waals surface area contributed by atoms with Gasteiger partial charge in [0.25, 0.3) is 0 Å². The minimum Gasteiger partial charge on any atom is -0.494 e. The lowest BCUT2D eigenvalue weighted by atomic mass is 10.1. The average molecular weight is 417 g/mol. The van der Waals surface area contributed by atoms with Gasteiger partial charge in [-0.2, -0.15) is 0 Å². The van der Waals surface area contributed by atoms with E-state index >= 15 is 0 Å². The minimum absolute atomic E-state index is 0.0379. The standard InChI is InChI=1S/C23H23N5O3/c29-22(7-8-28-9-11-31-12-10-28)24-15-5-6-19-17(13-15)18(23(30)25-19)14-21-16-3-1-2-4-20(16)26-27-21/h1-6,13-14,25,30H,7-12H2,(H,24,29). The van der Waals surface area contributed by atoms with Crippen LogP contribution in [0.5, 0.6) is 5.88 Å². The highest BCUT2D eigenvalue weighted by atomic mass is 16.5. The van der Waals surface area contributed by atoms with Crippen molar-refractivity contribution in [1.82, 2.24) is 9.88 Å². The van der Waals surface area contributed by atoms with E-state index in [2.05, 4.69) is 25.4 Å². The number of rotatable bonds is 5. The zero-order valence-electron chi connectivity index (χ0n) is 17.0. The number of H-pyrrole nitrogens is 1. The number of aromatic hydroxyl groups is 1. The molecule has 2 aliphatic rings. The first kappa shape index (κ1) is 19.5. The Morgan fingerprint density at radius 1 is 1.19 bits per heavy atom. The van der Waals surface area contributed by atoms with Crippen LogP contribution in [0.4, 0.5) is 11.4 Å². The van der Waals surface area contributed by atoms with E-state index in [0.717, 1.165) is 48.5 Å². The Hall–Kier alpha value is -3.49. The van der Waals surface area contributed by atoms with Crippen molar-refractivity contribution in [2.45, 2.75) is 6.42 Å². The third-order valence-corrected chi connectivity index (χ3v) is 5.59. The molecule has 3 heterocycles. The van der Waals surface area contributed by atoms with Gasteiger partial charge >= 0.3 is 0 Å². The quantitative estimate of drug-likeness (QED) is 0.581. The molecule has 1 saturated heterocycles. The van der Waals surface area contributed by atoms with Gasteiger partial charge in [0.15, 0.2) is 5.88 Å². The summed E-state index contributed by atoms with van der Waals surface area (Å²) in [5.41, 5.74) is 4.49. The number of aromatic nitrogens is 1. The highest BCUT2D eigenvalue weighted by Gasteiger charge is 2.17. The van der Waals surface area contributed by atoms with Gasteiger partial charge in [-0.1, -0.05) is 18.2 Å². The van der Waals surface area contributed by atoms with E-state index in [9.17, 15) is 9.90 Å². The van der Waals surface area contributed by atoms with Crippen LogP contribution in [0.3, 0.4) is 0 Å². The number of hydrogen-bond donors (Lipinski definition) is 3. The van der Waals surface area contributed by atoms with Crippen LogP contribution in [-0.4, -0.2) is 53.7 Å². The molecule has 2 aliphatic heterocycles. The number of nitrogens with one attached hydrogen (secondary N) is 2. The Morgan fingerprint density at radius 2 is 2.03 bits per heavy atom. The molecule has 2 aromatic carbocycles. The monoisotopic (exact) mass is 417 g/mol. The van der Waals surface area contributed by atoms with E-state index in [1.54, 1.807) is 0 Å². The van der Waals surface area contributed by atoms with E-state index in [4.69, 9.17) is 4.74 Å². The van der Waals surface area contributed by atoms with Crippen LogP contribution in [0.25, 0.3) is 22.7 Å². The van der Waals surface area contributed by atoms with Crippen LogP contribution in [0.1, 0.15) is 17.5 Å². The van der Waals surface area contributed by atoms with Crippen molar-refractivity contribution in [2.24, 2.45) is 10.2 Å². The van der Waals surface area contributed by atoms with Gasteiger partial charge in [-0.3, -0.25) is 9.69 Å². The zero-order valence-corrected chi connectivity index (χ0v) is 17.0. The number of morpholine rings is 1. The lowest BCUT2D eigenvalue weighted by molar-refractivity contribution is -0.116. The first-order chi connectivity index (χ1) is 15.2.